The summed E-state index contributed by atoms with van der Waals surface area (Å²) in [5.41, 5.74) is 0.801. The Balaban J connectivity index is 1.94. The van der Waals surface area contributed by atoms with Crippen LogP contribution in [0.25, 0.3) is 0 Å². The predicted octanol–water partition coefficient (Wildman–Crippen LogP) is 0.416. The van der Waals surface area contributed by atoms with Gasteiger partial charge in [0.1, 0.15) is 6.04 Å². The number of likely N-dealkylation sites (N-methyl/N-ethyl adjacent to an activating group) is 1. The van der Waals surface area contributed by atoms with Gasteiger partial charge in [-0.05, 0) is 24.6 Å². The molecule has 0 aliphatic rings. The highest BCUT2D eigenvalue weighted by Gasteiger charge is 2.25. The average molecular weight is 401 g/mol. The van der Waals surface area contributed by atoms with Crippen LogP contribution in [0.3, 0.4) is 0 Å². The van der Waals surface area contributed by atoms with Gasteiger partial charge in [-0.15, -0.1) is 0 Å². The van der Waals surface area contributed by atoms with E-state index in [2.05, 4.69) is 16.0 Å². The van der Waals surface area contributed by atoms with Gasteiger partial charge in [-0.1, -0.05) is 30.3 Å². The molecule has 0 bridgehead atoms. The summed E-state index contributed by atoms with van der Waals surface area (Å²) >= 11 is 0. The van der Waals surface area contributed by atoms with Crippen LogP contribution in [-0.2, 0) is 25.5 Å². The van der Waals surface area contributed by atoms with Gasteiger partial charge in [0, 0.05) is 13.0 Å². The minimum absolute atomic E-state index is 0.0514. The molecule has 2 aromatic rings. The fourth-order valence-electron chi connectivity index (χ4n) is 2.41. The van der Waals surface area contributed by atoms with E-state index in [4.69, 9.17) is 9.15 Å². The fraction of sp³-hybridized carbons (Fsp3) is 0.300. The first-order valence-corrected chi connectivity index (χ1v) is 9.08. The number of rotatable bonds is 10. The smallest absolute Gasteiger partial charge is 0.329 e. The molecule has 0 aliphatic carbocycles. The van der Waals surface area contributed by atoms with E-state index < -0.39 is 30.4 Å². The van der Waals surface area contributed by atoms with Crippen LogP contribution in [0.2, 0.25) is 0 Å². The van der Waals surface area contributed by atoms with Crippen LogP contribution in [-0.4, -0.2) is 49.4 Å². The Morgan fingerprint density at radius 2 is 1.76 bits per heavy atom. The summed E-state index contributed by atoms with van der Waals surface area (Å²) < 4.78 is 10.1. The first-order valence-electron chi connectivity index (χ1n) is 9.08. The third-order valence-electron chi connectivity index (χ3n) is 3.78. The van der Waals surface area contributed by atoms with Gasteiger partial charge in [-0.25, -0.2) is 4.79 Å². The van der Waals surface area contributed by atoms with Crippen molar-refractivity contribution in [1.29, 1.82) is 0 Å². The number of amides is 3. The molecule has 0 saturated heterocycles. The molecule has 9 heteroatoms. The van der Waals surface area contributed by atoms with Crippen LogP contribution in [0.4, 0.5) is 0 Å². The highest BCUT2D eigenvalue weighted by atomic mass is 16.5. The Morgan fingerprint density at radius 1 is 1.00 bits per heavy atom. The second-order valence-electron chi connectivity index (χ2n) is 6.03. The van der Waals surface area contributed by atoms with Gasteiger partial charge in [-0.2, -0.15) is 0 Å². The minimum Gasteiger partial charge on any atom is -0.459 e. The molecule has 1 atom stereocenters. The van der Waals surface area contributed by atoms with E-state index in [1.165, 1.54) is 12.3 Å². The van der Waals surface area contributed by atoms with E-state index in [1.54, 1.807) is 37.3 Å². The monoisotopic (exact) mass is 401 g/mol. The van der Waals surface area contributed by atoms with Gasteiger partial charge in [0.15, 0.2) is 12.4 Å². The maximum Gasteiger partial charge on any atom is 0.329 e. The van der Waals surface area contributed by atoms with Gasteiger partial charge >= 0.3 is 5.97 Å². The summed E-state index contributed by atoms with van der Waals surface area (Å²) in [7, 11) is 0. The predicted molar refractivity (Wildman–Crippen MR) is 103 cm³/mol. The van der Waals surface area contributed by atoms with Gasteiger partial charge in [0.2, 0.25) is 5.91 Å². The first kappa shape index (κ1) is 21.7. The lowest BCUT2D eigenvalue weighted by Crippen LogP contribution is -2.45. The van der Waals surface area contributed by atoms with Crippen LogP contribution in [0.15, 0.2) is 53.1 Å². The van der Waals surface area contributed by atoms with Gasteiger partial charge in [-0.3, -0.25) is 14.4 Å². The molecular formula is C20H23N3O6. The SMILES string of the molecule is CCNC(=O)CNC(=O)COC(=O)[C@H](Cc1ccccc1)NC(=O)c1ccco1. The summed E-state index contributed by atoms with van der Waals surface area (Å²) in [5, 5.41) is 7.43. The second-order valence-corrected chi connectivity index (χ2v) is 6.03. The first-order chi connectivity index (χ1) is 14.0. The van der Waals surface area contributed by atoms with E-state index in [-0.39, 0.29) is 24.6 Å². The Kier molecular flexibility index (Phi) is 8.43. The summed E-state index contributed by atoms with van der Waals surface area (Å²) in [4.78, 5) is 47.8. The van der Waals surface area contributed by atoms with E-state index in [1.807, 2.05) is 6.07 Å². The van der Waals surface area contributed by atoms with Crippen molar-refractivity contribution in [3.8, 4) is 0 Å². The Morgan fingerprint density at radius 3 is 2.41 bits per heavy atom. The number of benzene rings is 1. The highest BCUT2D eigenvalue weighted by molar-refractivity contribution is 5.95. The maximum absolute atomic E-state index is 12.5. The third-order valence-corrected chi connectivity index (χ3v) is 3.78. The number of carbonyl (C=O) groups is 4. The topological polar surface area (TPSA) is 127 Å². The van der Waals surface area contributed by atoms with E-state index in [9.17, 15) is 19.2 Å². The quantitative estimate of drug-likeness (QED) is 0.495. The van der Waals surface area contributed by atoms with Crippen molar-refractivity contribution in [2.75, 3.05) is 19.7 Å². The number of hydrogen-bond acceptors (Lipinski definition) is 6. The van der Waals surface area contributed by atoms with Crippen molar-refractivity contribution in [3.63, 3.8) is 0 Å². The third kappa shape index (κ3) is 7.49. The molecule has 9 nitrogen and oxygen atoms in total. The van der Waals surface area contributed by atoms with Crippen LogP contribution in [0.5, 0.6) is 0 Å². The van der Waals surface area contributed by atoms with Crippen molar-refractivity contribution in [2.24, 2.45) is 0 Å². The standard InChI is InChI=1S/C20H23N3O6/c1-2-21-17(24)12-22-18(25)13-29-20(27)15(11-14-7-4-3-5-8-14)23-19(26)16-9-6-10-28-16/h3-10,15H,2,11-13H2,1H3,(H,21,24)(H,22,25)(H,23,26)/t15-/m0/s1. The van der Waals surface area contributed by atoms with Gasteiger partial charge in [0.05, 0.1) is 12.8 Å². The number of ether oxygens (including phenoxy) is 1. The number of nitrogens with one attached hydrogen (secondary N) is 3. The normalized spacial score (nSPS) is 11.2. The zero-order valence-corrected chi connectivity index (χ0v) is 16.0. The molecule has 0 unspecified atom stereocenters. The van der Waals surface area contributed by atoms with Crippen LogP contribution < -0.4 is 16.0 Å². The lowest BCUT2D eigenvalue weighted by molar-refractivity contribution is -0.150. The van der Waals surface area contributed by atoms with Gasteiger partial charge < -0.3 is 25.1 Å². The molecule has 1 aromatic carbocycles. The molecule has 0 fully saturated rings. The van der Waals surface area contributed by atoms with Crippen LogP contribution in [0, 0.1) is 0 Å². The molecule has 3 amide bonds. The largest absolute Gasteiger partial charge is 0.459 e. The Bertz CT molecular complexity index is 820. The Hall–Kier alpha value is -3.62. The molecule has 1 heterocycles. The maximum atomic E-state index is 12.5. The molecule has 3 N–H and O–H groups in total. The van der Waals surface area contributed by atoms with Gasteiger partial charge in [0.25, 0.3) is 11.8 Å². The average Bonchev–Trinajstić information content (AvgIpc) is 3.26. The summed E-state index contributed by atoms with van der Waals surface area (Å²) in [6.07, 6.45) is 1.52. The molecule has 0 spiro atoms. The summed E-state index contributed by atoms with van der Waals surface area (Å²) in [5.74, 6) is -2.27. The number of esters is 1. The molecule has 154 valence electrons. The molecule has 0 radical (unpaired) electrons. The summed E-state index contributed by atoms with van der Waals surface area (Å²) in [6, 6.07) is 11.1. The molecule has 0 aliphatic heterocycles. The molecule has 0 saturated carbocycles. The lowest BCUT2D eigenvalue weighted by Gasteiger charge is -2.17. The molecule has 29 heavy (non-hydrogen) atoms. The Labute approximate surface area is 167 Å². The second kappa shape index (κ2) is 11.3. The van der Waals surface area contributed by atoms with Crippen molar-refractivity contribution < 1.29 is 28.3 Å². The van der Waals surface area contributed by atoms with Crippen molar-refractivity contribution in [3.05, 3.63) is 60.1 Å². The van der Waals surface area contributed by atoms with E-state index >= 15 is 0 Å². The minimum atomic E-state index is -1.02. The van der Waals surface area contributed by atoms with Crippen molar-refractivity contribution in [1.82, 2.24) is 16.0 Å². The van der Waals surface area contributed by atoms with E-state index in [0.717, 1.165) is 5.56 Å². The van der Waals surface area contributed by atoms with Crippen molar-refractivity contribution >= 4 is 23.7 Å². The number of carbonyl (C=O) groups excluding carboxylic acids is 4. The lowest BCUT2D eigenvalue weighted by atomic mass is 10.1. The summed E-state index contributed by atoms with van der Waals surface area (Å²) in [6.45, 7) is 1.42. The highest BCUT2D eigenvalue weighted by Crippen LogP contribution is 2.07. The molecular weight excluding hydrogens is 378 g/mol. The molecule has 1 aromatic heterocycles. The van der Waals surface area contributed by atoms with E-state index in [0.29, 0.717) is 6.54 Å². The van der Waals surface area contributed by atoms with Crippen LogP contribution in [0.1, 0.15) is 23.0 Å². The zero-order chi connectivity index (χ0) is 21.1. The molecule has 2 rings (SSSR count). The fourth-order valence-corrected chi connectivity index (χ4v) is 2.41. The van der Waals surface area contributed by atoms with Crippen molar-refractivity contribution in [2.45, 2.75) is 19.4 Å². The number of hydrogen-bond donors (Lipinski definition) is 3. The number of furan rings is 1. The zero-order valence-electron chi connectivity index (χ0n) is 16.0. The van der Waals surface area contributed by atoms with Crippen LogP contribution >= 0.6 is 0 Å².